The van der Waals surface area contributed by atoms with Crippen LogP contribution in [-0.2, 0) is 4.79 Å². The van der Waals surface area contributed by atoms with Crippen molar-refractivity contribution >= 4 is 29.7 Å². The molecule has 27 heavy (non-hydrogen) atoms. The minimum Gasteiger partial charge on any atom is -1.00 e. The Morgan fingerprint density at radius 3 is 1.30 bits per heavy atom. The highest BCUT2D eigenvalue weighted by Crippen LogP contribution is 2.32. The van der Waals surface area contributed by atoms with Crippen molar-refractivity contribution in [1.29, 1.82) is 0 Å². The molecule has 0 saturated carbocycles. The van der Waals surface area contributed by atoms with Crippen LogP contribution in [0.4, 0.5) is 0 Å². The van der Waals surface area contributed by atoms with Crippen molar-refractivity contribution in [1.82, 2.24) is 0 Å². The smallest absolute Gasteiger partial charge is 0.217 e. The maximum Gasteiger partial charge on any atom is 0.217 e. The molecule has 142 valence electrons. The Kier molecular flexibility index (Phi) is 11.3. The molecule has 3 rings (SSSR count). The molecular formula is C23H27BrNOP. The van der Waals surface area contributed by atoms with Gasteiger partial charge in [0.25, 0.3) is 0 Å². The summed E-state index contributed by atoms with van der Waals surface area (Å²) in [5, 5.41) is 4.31. The van der Waals surface area contributed by atoms with Crippen LogP contribution >= 0.6 is 7.92 Å². The van der Waals surface area contributed by atoms with E-state index in [1.165, 1.54) is 15.9 Å². The zero-order valence-electron chi connectivity index (χ0n) is 15.6. The lowest BCUT2D eigenvalue weighted by atomic mass is 10.2. The highest BCUT2D eigenvalue weighted by atomic mass is 79.9. The molecule has 0 aliphatic heterocycles. The molecule has 0 saturated heterocycles. The Morgan fingerprint density at radius 1 is 0.741 bits per heavy atom. The summed E-state index contributed by atoms with van der Waals surface area (Å²) in [6.45, 7) is 2.03. The molecule has 0 aromatic heterocycles. The Balaban J connectivity index is 0.000000395. The second-order valence-corrected chi connectivity index (χ2v) is 8.52. The summed E-state index contributed by atoms with van der Waals surface area (Å²) in [5.41, 5.74) is 4.84. The molecule has 0 bridgehead atoms. The molecule has 0 heterocycles. The van der Waals surface area contributed by atoms with Crippen molar-refractivity contribution < 1.29 is 21.8 Å². The molecule has 1 amide bonds. The summed E-state index contributed by atoms with van der Waals surface area (Å²) in [7, 11) is -0.877. The van der Waals surface area contributed by atoms with E-state index in [4.69, 9.17) is 5.73 Å². The first-order valence-electron chi connectivity index (χ1n) is 9.04. The minimum atomic E-state index is -0.877. The zero-order valence-corrected chi connectivity index (χ0v) is 18.2. The van der Waals surface area contributed by atoms with Gasteiger partial charge in [-0.15, -0.1) is 0 Å². The third kappa shape index (κ3) is 8.07. The Labute approximate surface area is 174 Å². The predicted octanol–water partition coefficient (Wildman–Crippen LogP) is 0.843. The summed E-state index contributed by atoms with van der Waals surface area (Å²) in [6, 6.07) is 32.5. The Bertz CT molecular complexity index is 672. The highest BCUT2D eigenvalue weighted by molar-refractivity contribution is 7.79. The molecule has 4 heteroatoms. The van der Waals surface area contributed by atoms with Gasteiger partial charge in [0.1, 0.15) is 15.9 Å². The molecule has 3 aromatic carbocycles. The van der Waals surface area contributed by atoms with Gasteiger partial charge in [-0.1, -0.05) is 67.9 Å². The van der Waals surface area contributed by atoms with Gasteiger partial charge in [-0.25, -0.2) is 0 Å². The number of hydrogen-bond donors (Lipinski definition) is 1. The molecule has 0 spiro atoms. The van der Waals surface area contributed by atoms with Gasteiger partial charge in [0.2, 0.25) is 5.91 Å². The average Bonchev–Trinajstić information content (AvgIpc) is 2.70. The van der Waals surface area contributed by atoms with E-state index in [1.807, 2.05) is 6.92 Å². The fourth-order valence-corrected chi connectivity index (χ4v) is 5.24. The molecule has 0 unspecified atom stereocenters. The van der Waals surface area contributed by atoms with E-state index in [0.717, 1.165) is 12.8 Å². The van der Waals surface area contributed by atoms with Crippen molar-refractivity contribution in [3.05, 3.63) is 91.0 Å². The summed E-state index contributed by atoms with van der Waals surface area (Å²) in [4.78, 5) is 9.98. The van der Waals surface area contributed by atoms with E-state index < -0.39 is 7.92 Å². The third-order valence-electron chi connectivity index (χ3n) is 3.96. The summed E-state index contributed by atoms with van der Waals surface area (Å²) >= 11 is 0. The molecule has 0 atom stereocenters. The van der Waals surface area contributed by atoms with Gasteiger partial charge < -0.3 is 22.7 Å². The van der Waals surface area contributed by atoms with Crippen LogP contribution in [0.25, 0.3) is 0 Å². The van der Waals surface area contributed by atoms with E-state index >= 15 is 0 Å². The maximum atomic E-state index is 9.98. The third-order valence-corrected chi connectivity index (χ3v) is 6.70. The molecule has 2 nitrogen and oxygen atoms in total. The molecule has 2 N–H and O–H groups in total. The molecular weight excluding hydrogens is 417 g/mol. The topological polar surface area (TPSA) is 43.1 Å². The quantitative estimate of drug-likeness (QED) is 0.563. The minimum absolute atomic E-state index is 0. The number of unbranched alkanes of at least 4 members (excludes halogenated alkanes) is 1. The fourth-order valence-electron chi connectivity index (χ4n) is 2.67. The fraction of sp³-hybridized carbons (Fsp3) is 0.174. The molecule has 0 aliphatic carbocycles. The van der Waals surface area contributed by atoms with Crippen molar-refractivity contribution in [2.45, 2.75) is 26.2 Å². The van der Waals surface area contributed by atoms with Crippen LogP contribution in [0.3, 0.4) is 0 Å². The van der Waals surface area contributed by atoms with Crippen LogP contribution in [-0.4, -0.2) is 5.91 Å². The lowest BCUT2D eigenvalue weighted by Crippen LogP contribution is -3.00. The van der Waals surface area contributed by atoms with Crippen molar-refractivity contribution in [2.24, 2.45) is 5.73 Å². The van der Waals surface area contributed by atoms with Crippen LogP contribution in [0.1, 0.15) is 26.2 Å². The summed E-state index contributed by atoms with van der Waals surface area (Å²) in [5.74, 6) is -0.193. The number of hydrogen-bond acceptors (Lipinski definition) is 1. The van der Waals surface area contributed by atoms with Gasteiger partial charge in [0, 0.05) is 6.42 Å². The second kappa shape index (κ2) is 13.2. The van der Waals surface area contributed by atoms with Gasteiger partial charge >= 0.3 is 0 Å². The lowest BCUT2D eigenvalue weighted by Gasteiger charge is -2.10. The van der Waals surface area contributed by atoms with Crippen LogP contribution in [0.15, 0.2) is 91.0 Å². The van der Waals surface area contributed by atoms with Crippen LogP contribution in [0.2, 0.25) is 0 Å². The molecule has 0 aliphatic rings. The van der Waals surface area contributed by atoms with E-state index in [2.05, 4.69) is 91.0 Å². The largest absolute Gasteiger partial charge is 1.00 e. The number of halogens is 1. The first-order chi connectivity index (χ1) is 12.7. The number of primary amides is 1. The highest BCUT2D eigenvalue weighted by Gasteiger charge is 2.24. The summed E-state index contributed by atoms with van der Waals surface area (Å²) < 4.78 is 0. The SMILES string of the molecule is CCCCC(N)=O.[Br-].c1ccc([PH+](c2ccccc2)c2ccccc2)cc1. The molecule has 0 radical (unpaired) electrons. The Morgan fingerprint density at radius 2 is 1.07 bits per heavy atom. The van der Waals surface area contributed by atoms with E-state index in [-0.39, 0.29) is 22.9 Å². The normalized spacial score (nSPS) is 9.70. The van der Waals surface area contributed by atoms with E-state index in [1.54, 1.807) is 0 Å². The van der Waals surface area contributed by atoms with Gasteiger partial charge in [0.05, 0.1) is 7.92 Å². The van der Waals surface area contributed by atoms with Crippen LogP contribution in [0.5, 0.6) is 0 Å². The first-order valence-corrected chi connectivity index (χ1v) is 10.5. The number of rotatable bonds is 6. The predicted molar refractivity (Wildman–Crippen MR) is 115 cm³/mol. The average molecular weight is 444 g/mol. The van der Waals surface area contributed by atoms with Gasteiger partial charge in [-0.05, 0) is 42.8 Å². The first kappa shape index (κ1) is 23.1. The number of nitrogens with two attached hydrogens (primary N) is 1. The van der Waals surface area contributed by atoms with E-state index in [9.17, 15) is 4.79 Å². The van der Waals surface area contributed by atoms with Gasteiger partial charge in [0.15, 0.2) is 0 Å². The lowest BCUT2D eigenvalue weighted by molar-refractivity contribution is -0.118. The zero-order chi connectivity index (χ0) is 18.6. The molecule has 3 aromatic rings. The Hall–Kier alpha value is -1.96. The second-order valence-electron chi connectivity index (χ2n) is 6.04. The van der Waals surface area contributed by atoms with E-state index in [0.29, 0.717) is 6.42 Å². The molecule has 0 fully saturated rings. The maximum absolute atomic E-state index is 9.98. The number of carbonyl (C=O) groups excluding carboxylic acids is 1. The number of amides is 1. The summed E-state index contributed by atoms with van der Waals surface area (Å²) in [6.07, 6.45) is 2.51. The van der Waals surface area contributed by atoms with Crippen LogP contribution in [0, 0.1) is 0 Å². The number of benzene rings is 3. The number of carbonyl (C=O) groups is 1. The van der Waals surface area contributed by atoms with Crippen molar-refractivity contribution in [2.75, 3.05) is 0 Å². The van der Waals surface area contributed by atoms with Gasteiger partial charge in [-0.3, -0.25) is 4.79 Å². The standard InChI is InChI=1S/C18H15P.C5H11NO.BrH/c1-4-10-16(11-5-1)19(17-12-6-2-7-13-17)18-14-8-3-9-15-18;1-2-3-4-5(6)7;/h1-15H;2-4H2,1H3,(H2,6,7);1H. The van der Waals surface area contributed by atoms with Crippen LogP contribution < -0.4 is 38.6 Å². The van der Waals surface area contributed by atoms with Gasteiger partial charge in [-0.2, -0.15) is 0 Å². The monoisotopic (exact) mass is 443 g/mol. The van der Waals surface area contributed by atoms with Crippen molar-refractivity contribution in [3.63, 3.8) is 0 Å². The van der Waals surface area contributed by atoms with Crippen molar-refractivity contribution in [3.8, 4) is 0 Å².